The average Bonchev–Trinajstić information content (AvgIpc) is 2.65. The Hall–Kier alpha value is -3.25. The third-order valence-electron chi connectivity index (χ3n) is 5.09. The van der Waals surface area contributed by atoms with Crippen LogP contribution in [-0.4, -0.2) is 36.8 Å². The molecule has 0 saturated carbocycles. The summed E-state index contributed by atoms with van der Waals surface area (Å²) in [5, 5.41) is 1.40. The molecule has 2 rings (SSSR count). The molecule has 1 aliphatic rings. The Bertz CT molecular complexity index is 807. The van der Waals surface area contributed by atoms with Gasteiger partial charge in [0.15, 0.2) is 0 Å². The van der Waals surface area contributed by atoms with Crippen molar-refractivity contribution >= 4 is 35.2 Å². The molecular formula is C18H30N8O4. The first-order valence-corrected chi connectivity index (χ1v) is 9.47. The Morgan fingerprint density at radius 3 is 2.07 bits per heavy atom. The number of rotatable bonds is 6. The highest BCUT2D eigenvalue weighted by Gasteiger charge is 2.30. The van der Waals surface area contributed by atoms with Crippen molar-refractivity contribution in [2.24, 2.45) is 34.8 Å². The van der Waals surface area contributed by atoms with E-state index in [2.05, 4.69) is 4.90 Å². The number of primary amides is 3. The second-order valence-electron chi connectivity index (χ2n) is 7.90. The highest BCUT2D eigenvalue weighted by Crippen LogP contribution is 2.35. The minimum absolute atomic E-state index is 0.146. The first-order chi connectivity index (χ1) is 13.9. The lowest BCUT2D eigenvalue weighted by Gasteiger charge is -2.37. The van der Waals surface area contributed by atoms with Gasteiger partial charge in [0.1, 0.15) is 5.60 Å². The van der Waals surface area contributed by atoms with Gasteiger partial charge in [-0.1, -0.05) is 0 Å². The molecule has 10 N–H and O–H groups in total. The van der Waals surface area contributed by atoms with Gasteiger partial charge < -0.3 is 26.8 Å². The van der Waals surface area contributed by atoms with Gasteiger partial charge >= 0.3 is 18.2 Å². The van der Waals surface area contributed by atoms with Gasteiger partial charge in [0.05, 0.1) is 11.4 Å². The second kappa shape index (κ2) is 9.05. The number of carbonyl (C=O) groups is 3. The number of carbonyl (C=O) groups excluding carboxylic acids is 3. The fourth-order valence-corrected chi connectivity index (χ4v) is 3.75. The van der Waals surface area contributed by atoms with E-state index >= 15 is 0 Å². The van der Waals surface area contributed by atoms with E-state index in [0.29, 0.717) is 22.4 Å². The molecule has 5 amide bonds. The van der Waals surface area contributed by atoms with E-state index in [9.17, 15) is 14.4 Å². The third-order valence-corrected chi connectivity index (χ3v) is 5.09. The minimum atomic E-state index is -0.915. The maximum atomic E-state index is 11.6. The number of hydrazine groups is 2. The summed E-state index contributed by atoms with van der Waals surface area (Å²) < 4.78 is 5.18. The van der Waals surface area contributed by atoms with Gasteiger partial charge in [0.25, 0.3) is 0 Å². The standard InChI is InChI=1S/C18H30N8O4/c1-18(2,30-17(21)29)10-11-5-7-24(8-6-11)12-3-4-13(25(22)15(19)27)14(9-12)26(23)16(20)28/h3-4,9,11H,5-8,10,22-23H2,1-2H3,(H2,19,27)(H2,20,28)(H2,21,29). The zero-order chi connectivity index (χ0) is 22.6. The number of urea groups is 2. The van der Waals surface area contributed by atoms with Crippen LogP contribution in [0.4, 0.5) is 31.4 Å². The van der Waals surface area contributed by atoms with Gasteiger partial charge in [-0.3, -0.25) is 0 Å². The molecule has 1 aromatic rings. The van der Waals surface area contributed by atoms with Gasteiger partial charge in [-0.05, 0) is 57.2 Å². The minimum Gasteiger partial charge on any atom is -0.444 e. The number of nitrogens with zero attached hydrogens (tertiary/aromatic N) is 3. The van der Waals surface area contributed by atoms with E-state index in [-0.39, 0.29) is 11.4 Å². The predicted octanol–water partition coefficient (Wildman–Crippen LogP) is 0.685. The number of benzene rings is 1. The molecule has 1 heterocycles. The van der Waals surface area contributed by atoms with Crippen LogP contribution in [0.3, 0.4) is 0 Å². The lowest BCUT2D eigenvalue weighted by Crippen LogP contribution is -2.46. The number of piperidine rings is 1. The number of nitrogens with two attached hydrogens (primary N) is 5. The number of hydrogen-bond donors (Lipinski definition) is 5. The van der Waals surface area contributed by atoms with Crippen molar-refractivity contribution in [3.8, 4) is 0 Å². The molecule has 12 nitrogen and oxygen atoms in total. The fraction of sp³-hybridized carbons (Fsp3) is 0.500. The Balaban J connectivity index is 2.15. The Labute approximate surface area is 174 Å². The Kier molecular flexibility index (Phi) is 6.95. The van der Waals surface area contributed by atoms with Crippen molar-refractivity contribution in [3.63, 3.8) is 0 Å². The van der Waals surface area contributed by atoms with E-state index in [1.165, 1.54) is 0 Å². The maximum absolute atomic E-state index is 11.6. The third kappa shape index (κ3) is 5.64. The summed E-state index contributed by atoms with van der Waals surface area (Å²) in [6.45, 7) is 5.15. The molecule has 166 valence electrons. The van der Waals surface area contributed by atoms with Crippen molar-refractivity contribution in [1.29, 1.82) is 0 Å². The largest absolute Gasteiger partial charge is 0.444 e. The first-order valence-electron chi connectivity index (χ1n) is 9.47. The molecule has 30 heavy (non-hydrogen) atoms. The lowest BCUT2D eigenvalue weighted by molar-refractivity contribution is 0.0236. The molecular weight excluding hydrogens is 392 g/mol. The number of hydrogen-bond acceptors (Lipinski definition) is 7. The fourth-order valence-electron chi connectivity index (χ4n) is 3.75. The van der Waals surface area contributed by atoms with Gasteiger partial charge in [0, 0.05) is 18.8 Å². The zero-order valence-corrected chi connectivity index (χ0v) is 17.2. The second-order valence-corrected chi connectivity index (χ2v) is 7.90. The summed E-state index contributed by atoms with van der Waals surface area (Å²) in [6.07, 6.45) is 1.66. The summed E-state index contributed by atoms with van der Waals surface area (Å²) in [5.74, 6) is 11.8. The molecule has 1 aromatic carbocycles. The highest BCUT2D eigenvalue weighted by atomic mass is 16.6. The zero-order valence-electron chi connectivity index (χ0n) is 17.2. The van der Waals surface area contributed by atoms with E-state index in [1.807, 2.05) is 13.8 Å². The average molecular weight is 422 g/mol. The van der Waals surface area contributed by atoms with Crippen LogP contribution in [-0.2, 0) is 4.74 Å². The number of anilines is 3. The molecule has 1 saturated heterocycles. The smallest absolute Gasteiger partial charge is 0.405 e. The molecule has 1 fully saturated rings. The molecule has 12 heteroatoms. The van der Waals surface area contributed by atoms with Gasteiger partial charge in [-0.25, -0.2) is 36.1 Å². The van der Waals surface area contributed by atoms with E-state index in [1.54, 1.807) is 18.2 Å². The molecule has 0 bridgehead atoms. The monoisotopic (exact) mass is 422 g/mol. The van der Waals surface area contributed by atoms with Crippen LogP contribution in [0.5, 0.6) is 0 Å². The van der Waals surface area contributed by atoms with Crippen LogP contribution in [0.15, 0.2) is 18.2 Å². The van der Waals surface area contributed by atoms with Crippen LogP contribution in [0.2, 0.25) is 0 Å². The molecule has 0 aliphatic carbocycles. The first kappa shape index (κ1) is 23.0. The quantitative estimate of drug-likeness (QED) is 0.252. The van der Waals surface area contributed by atoms with Crippen LogP contribution in [0, 0.1) is 5.92 Å². The Morgan fingerprint density at radius 1 is 1.03 bits per heavy atom. The normalized spacial score (nSPS) is 14.9. The van der Waals surface area contributed by atoms with Crippen molar-refractivity contribution in [2.45, 2.75) is 38.7 Å². The summed E-state index contributed by atoms with van der Waals surface area (Å²) in [5.41, 5.74) is 16.1. The van der Waals surface area contributed by atoms with E-state index < -0.39 is 23.8 Å². The van der Waals surface area contributed by atoms with Gasteiger partial charge in [-0.15, -0.1) is 0 Å². The van der Waals surface area contributed by atoms with E-state index in [0.717, 1.165) is 31.6 Å². The molecule has 0 unspecified atom stereocenters. The highest BCUT2D eigenvalue weighted by molar-refractivity contribution is 5.99. The lowest BCUT2D eigenvalue weighted by atomic mass is 9.86. The predicted molar refractivity (Wildman–Crippen MR) is 113 cm³/mol. The molecule has 0 aromatic heterocycles. The van der Waals surface area contributed by atoms with Crippen molar-refractivity contribution in [2.75, 3.05) is 28.0 Å². The summed E-state index contributed by atoms with van der Waals surface area (Å²) in [7, 11) is 0. The van der Waals surface area contributed by atoms with Crippen molar-refractivity contribution in [1.82, 2.24) is 0 Å². The van der Waals surface area contributed by atoms with E-state index in [4.69, 9.17) is 33.6 Å². The van der Waals surface area contributed by atoms with Crippen LogP contribution in [0.25, 0.3) is 0 Å². The summed E-state index contributed by atoms with van der Waals surface area (Å²) in [4.78, 5) is 36.2. The summed E-state index contributed by atoms with van der Waals surface area (Å²) in [6, 6.07) is 3.11. The van der Waals surface area contributed by atoms with Gasteiger partial charge in [-0.2, -0.15) is 0 Å². The molecule has 0 radical (unpaired) electrons. The molecule has 1 aliphatic heterocycles. The van der Waals surface area contributed by atoms with Gasteiger partial charge in [0.2, 0.25) is 0 Å². The number of ether oxygens (including phenoxy) is 1. The maximum Gasteiger partial charge on any atom is 0.405 e. The van der Waals surface area contributed by atoms with Crippen LogP contribution >= 0.6 is 0 Å². The number of amides is 5. The molecule has 0 atom stereocenters. The van der Waals surface area contributed by atoms with Crippen molar-refractivity contribution in [3.05, 3.63) is 18.2 Å². The van der Waals surface area contributed by atoms with Crippen LogP contribution < -0.4 is 43.8 Å². The van der Waals surface area contributed by atoms with Crippen LogP contribution in [0.1, 0.15) is 33.1 Å². The van der Waals surface area contributed by atoms with Crippen molar-refractivity contribution < 1.29 is 19.1 Å². The topological polar surface area (TPSA) is 200 Å². The Morgan fingerprint density at radius 2 is 1.57 bits per heavy atom. The summed E-state index contributed by atoms with van der Waals surface area (Å²) >= 11 is 0. The SMILES string of the molecule is CC(C)(CC1CCN(c2ccc(N(N)C(N)=O)c(N(N)C(N)=O)c2)CC1)OC(N)=O. The molecule has 0 spiro atoms.